The molecule has 2 aromatic heterocycles. The fourth-order valence-corrected chi connectivity index (χ4v) is 5.70. The summed E-state index contributed by atoms with van der Waals surface area (Å²) in [4.78, 5) is 4.75. The highest BCUT2D eigenvalue weighted by molar-refractivity contribution is 7.21. The Balaban J connectivity index is 1.17. The number of hydrogen-bond acceptors (Lipinski definition) is 2. The van der Waals surface area contributed by atoms with Gasteiger partial charge in [-0.2, -0.15) is 0 Å². The van der Waals surface area contributed by atoms with Crippen molar-refractivity contribution >= 4 is 43.4 Å². The fraction of sp³-hybridized carbons (Fsp3) is 0. The third kappa shape index (κ3) is 3.56. The van der Waals surface area contributed by atoms with Crippen molar-refractivity contribution in [3.8, 4) is 28.1 Å². The zero-order valence-electron chi connectivity index (χ0n) is 19.3. The fourth-order valence-electron chi connectivity index (χ4n) is 4.73. The van der Waals surface area contributed by atoms with Gasteiger partial charge in [0.1, 0.15) is 5.01 Å². The lowest BCUT2D eigenvalue weighted by Crippen LogP contribution is -1.93. The number of hydrogen-bond donors (Lipinski definition) is 0. The van der Waals surface area contributed by atoms with Gasteiger partial charge in [0.05, 0.1) is 21.3 Å². The number of thiazole rings is 1. The van der Waals surface area contributed by atoms with Crippen molar-refractivity contribution in [3.63, 3.8) is 0 Å². The number of para-hydroxylation sites is 3. The van der Waals surface area contributed by atoms with Crippen molar-refractivity contribution in [3.05, 3.63) is 132 Å². The Labute approximate surface area is 213 Å². The molecule has 0 bridgehead atoms. The highest BCUT2D eigenvalue weighted by Gasteiger charge is 2.11. The summed E-state index contributed by atoms with van der Waals surface area (Å²) >= 11 is 1.72. The van der Waals surface area contributed by atoms with Crippen LogP contribution in [0.1, 0.15) is 11.1 Å². The van der Waals surface area contributed by atoms with E-state index in [0.29, 0.717) is 0 Å². The van der Waals surface area contributed by atoms with Crippen LogP contribution in [0.4, 0.5) is 0 Å². The van der Waals surface area contributed by atoms with Gasteiger partial charge in [-0.05, 0) is 60.7 Å². The van der Waals surface area contributed by atoms with E-state index in [0.717, 1.165) is 32.9 Å². The number of benzene rings is 5. The Morgan fingerprint density at radius 2 is 1.11 bits per heavy atom. The molecule has 0 amide bonds. The van der Waals surface area contributed by atoms with Crippen molar-refractivity contribution in [2.75, 3.05) is 0 Å². The molecule has 2 nitrogen and oxygen atoms in total. The first-order valence-electron chi connectivity index (χ1n) is 11.9. The summed E-state index contributed by atoms with van der Waals surface area (Å²) in [6, 6.07) is 42.2. The summed E-state index contributed by atoms with van der Waals surface area (Å²) in [5.74, 6) is 6.62. The standard InChI is InChI=1S/C33H20N2S/c1-4-10-30-27(7-1)28-8-2-5-11-31(28)35(30)26-21-17-24(18-22-26)14-13-23-15-19-25(20-16-23)33-34-29-9-3-6-12-32(29)36-33/h1-12,15-22H. The predicted octanol–water partition coefficient (Wildman–Crippen LogP) is 8.46. The summed E-state index contributed by atoms with van der Waals surface area (Å²) in [6.07, 6.45) is 0. The van der Waals surface area contributed by atoms with Gasteiger partial charge in [-0.15, -0.1) is 11.3 Å². The van der Waals surface area contributed by atoms with Crippen LogP contribution in [-0.2, 0) is 0 Å². The minimum atomic E-state index is 0.992. The minimum Gasteiger partial charge on any atom is -0.309 e. The molecule has 0 aliphatic rings. The van der Waals surface area contributed by atoms with Gasteiger partial charge in [0.15, 0.2) is 0 Å². The summed E-state index contributed by atoms with van der Waals surface area (Å²) < 4.78 is 3.53. The molecule has 2 heterocycles. The van der Waals surface area contributed by atoms with Gasteiger partial charge >= 0.3 is 0 Å². The van der Waals surface area contributed by atoms with Gasteiger partial charge in [0, 0.05) is 33.2 Å². The van der Waals surface area contributed by atoms with E-state index in [1.165, 1.54) is 26.5 Å². The molecule has 0 radical (unpaired) electrons. The van der Waals surface area contributed by atoms with Crippen LogP contribution in [0.2, 0.25) is 0 Å². The van der Waals surface area contributed by atoms with Crippen molar-refractivity contribution in [2.45, 2.75) is 0 Å². The lowest BCUT2D eigenvalue weighted by Gasteiger charge is -2.07. The summed E-state index contributed by atoms with van der Waals surface area (Å²) in [5, 5.41) is 3.58. The van der Waals surface area contributed by atoms with Crippen LogP contribution in [0.3, 0.4) is 0 Å². The second kappa shape index (κ2) is 8.53. The molecular weight excluding hydrogens is 456 g/mol. The molecule has 0 atom stereocenters. The molecule has 7 aromatic rings. The maximum atomic E-state index is 4.75. The monoisotopic (exact) mass is 476 g/mol. The number of nitrogens with zero attached hydrogens (tertiary/aromatic N) is 2. The van der Waals surface area contributed by atoms with Gasteiger partial charge in [-0.25, -0.2) is 4.98 Å². The van der Waals surface area contributed by atoms with Gasteiger partial charge in [0.25, 0.3) is 0 Å². The third-order valence-corrected chi connectivity index (χ3v) is 7.57. The van der Waals surface area contributed by atoms with Crippen LogP contribution in [0.5, 0.6) is 0 Å². The van der Waals surface area contributed by atoms with E-state index in [2.05, 4.69) is 132 Å². The molecule has 3 heteroatoms. The molecule has 7 rings (SSSR count). The van der Waals surface area contributed by atoms with Crippen LogP contribution in [0, 0.1) is 11.8 Å². The highest BCUT2D eigenvalue weighted by atomic mass is 32.1. The van der Waals surface area contributed by atoms with E-state index in [1.807, 2.05) is 6.07 Å². The van der Waals surface area contributed by atoms with Gasteiger partial charge in [-0.3, -0.25) is 0 Å². The van der Waals surface area contributed by atoms with E-state index in [9.17, 15) is 0 Å². The van der Waals surface area contributed by atoms with Crippen LogP contribution >= 0.6 is 11.3 Å². The van der Waals surface area contributed by atoms with E-state index in [1.54, 1.807) is 11.3 Å². The lowest BCUT2D eigenvalue weighted by molar-refractivity contribution is 1.18. The van der Waals surface area contributed by atoms with Crippen LogP contribution < -0.4 is 0 Å². The molecule has 5 aromatic carbocycles. The molecular formula is C33H20N2S. The highest BCUT2D eigenvalue weighted by Crippen LogP contribution is 2.32. The molecule has 0 aliphatic carbocycles. The first kappa shape index (κ1) is 20.7. The minimum absolute atomic E-state index is 0.992. The second-order valence-corrected chi connectivity index (χ2v) is 9.76. The lowest BCUT2D eigenvalue weighted by atomic mass is 10.1. The topological polar surface area (TPSA) is 17.8 Å². The Morgan fingerprint density at radius 1 is 0.556 bits per heavy atom. The summed E-state index contributed by atoms with van der Waals surface area (Å²) in [5.41, 5.74) is 7.72. The average molecular weight is 477 g/mol. The summed E-state index contributed by atoms with van der Waals surface area (Å²) in [6.45, 7) is 0. The molecule has 0 fully saturated rings. The Morgan fingerprint density at radius 3 is 1.75 bits per heavy atom. The third-order valence-electron chi connectivity index (χ3n) is 6.48. The molecule has 0 aliphatic heterocycles. The van der Waals surface area contributed by atoms with Crippen LogP contribution in [-0.4, -0.2) is 9.55 Å². The van der Waals surface area contributed by atoms with E-state index in [4.69, 9.17) is 4.98 Å². The Bertz CT molecular complexity index is 1840. The van der Waals surface area contributed by atoms with Gasteiger partial charge < -0.3 is 4.57 Å². The SMILES string of the molecule is C(#Cc1ccc(-n2c3ccccc3c3ccccc32)cc1)c1ccc(-c2nc3ccccc3s2)cc1. The average Bonchev–Trinajstić information content (AvgIpc) is 3.52. The van der Waals surface area contributed by atoms with Gasteiger partial charge in [-0.1, -0.05) is 72.5 Å². The molecule has 0 unspecified atom stereocenters. The Hall–Kier alpha value is -4.65. The first-order chi connectivity index (χ1) is 17.8. The number of fused-ring (bicyclic) bond motifs is 4. The van der Waals surface area contributed by atoms with Crippen LogP contribution in [0.15, 0.2) is 121 Å². The quantitative estimate of drug-likeness (QED) is 0.229. The Kier molecular flexibility index (Phi) is 4.91. The molecule has 36 heavy (non-hydrogen) atoms. The smallest absolute Gasteiger partial charge is 0.124 e. The summed E-state index contributed by atoms with van der Waals surface area (Å²) in [7, 11) is 0. The molecule has 0 spiro atoms. The van der Waals surface area contributed by atoms with E-state index in [-0.39, 0.29) is 0 Å². The molecule has 0 N–H and O–H groups in total. The maximum Gasteiger partial charge on any atom is 0.124 e. The normalized spacial score (nSPS) is 11.1. The molecule has 168 valence electrons. The molecule has 0 saturated carbocycles. The maximum absolute atomic E-state index is 4.75. The predicted molar refractivity (Wildman–Crippen MR) is 152 cm³/mol. The van der Waals surface area contributed by atoms with Crippen molar-refractivity contribution in [1.82, 2.24) is 9.55 Å². The largest absolute Gasteiger partial charge is 0.309 e. The molecule has 0 saturated heterocycles. The first-order valence-corrected chi connectivity index (χ1v) is 12.7. The zero-order valence-corrected chi connectivity index (χ0v) is 20.2. The van der Waals surface area contributed by atoms with E-state index >= 15 is 0 Å². The zero-order chi connectivity index (χ0) is 23.9. The van der Waals surface area contributed by atoms with Crippen LogP contribution in [0.25, 0.3) is 48.3 Å². The number of rotatable bonds is 2. The van der Waals surface area contributed by atoms with Crippen molar-refractivity contribution in [1.29, 1.82) is 0 Å². The van der Waals surface area contributed by atoms with Gasteiger partial charge in [0.2, 0.25) is 0 Å². The van der Waals surface area contributed by atoms with Crippen molar-refractivity contribution in [2.24, 2.45) is 0 Å². The number of aromatic nitrogens is 2. The second-order valence-electron chi connectivity index (χ2n) is 8.73. The van der Waals surface area contributed by atoms with E-state index < -0.39 is 0 Å². The van der Waals surface area contributed by atoms with Crippen molar-refractivity contribution < 1.29 is 0 Å².